The largest absolute Gasteiger partial charge is 0.484 e. The number of benzene rings is 2. The minimum atomic E-state index is 0.0123. The summed E-state index contributed by atoms with van der Waals surface area (Å²) in [6, 6.07) is 19.0. The minimum Gasteiger partial charge on any atom is -0.484 e. The second-order valence-corrected chi connectivity index (χ2v) is 5.63. The molecule has 1 amide bonds. The summed E-state index contributed by atoms with van der Waals surface area (Å²) in [5, 5.41) is 8.85. The number of hydrogen-bond donors (Lipinski definition) is 0. The average Bonchev–Trinajstić information content (AvgIpc) is 2.67. The zero-order chi connectivity index (χ0) is 16.8. The van der Waals surface area contributed by atoms with E-state index in [9.17, 15) is 4.79 Å². The van der Waals surface area contributed by atoms with Crippen LogP contribution in [0, 0.1) is 11.3 Å². The number of para-hydroxylation sites is 1. The molecule has 5 heteroatoms. The lowest BCUT2D eigenvalue weighted by atomic mass is 10.2. The van der Waals surface area contributed by atoms with Crippen LogP contribution in [0.25, 0.3) is 0 Å². The molecular weight excluding hydrogens is 302 g/mol. The van der Waals surface area contributed by atoms with Crippen molar-refractivity contribution in [3.05, 3.63) is 60.2 Å². The SMILES string of the molecule is N#Cc1ccc(N2CCN(C(=O)COc3ccccc3)CC2)cc1. The fourth-order valence-corrected chi connectivity index (χ4v) is 2.71. The summed E-state index contributed by atoms with van der Waals surface area (Å²) in [4.78, 5) is 16.3. The highest BCUT2D eigenvalue weighted by Gasteiger charge is 2.21. The van der Waals surface area contributed by atoms with Crippen molar-refractivity contribution in [2.45, 2.75) is 0 Å². The third kappa shape index (κ3) is 3.85. The van der Waals surface area contributed by atoms with Gasteiger partial charge in [0, 0.05) is 31.9 Å². The minimum absolute atomic E-state index is 0.0123. The molecule has 1 fully saturated rings. The highest BCUT2D eigenvalue weighted by atomic mass is 16.5. The Hall–Kier alpha value is -3.00. The number of nitriles is 1. The van der Waals surface area contributed by atoms with Crippen molar-refractivity contribution in [1.82, 2.24) is 4.90 Å². The number of rotatable bonds is 4. The summed E-state index contributed by atoms with van der Waals surface area (Å²) < 4.78 is 5.52. The average molecular weight is 321 g/mol. The van der Waals surface area contributed by atoms with Gasteiger partial charge in [0.15, 0.2) is 6.61 Å². The van der Waals surface area contributed by atoms with Crippen LogP contribution in [0.3, 0.4) is 0 Å². The fourth-order valence-electron chi connectivity index (χ4n) is 2.71. The van der Waals surface area contributed by atoms with Gasteiger partial charge in [-0.15, -0.1) is 0 Å². The van der Waals surface area contributed by atoms with Crippen molar-refractivity contribution < 1.29 is 9.53 Å². The van der Waals surface area contributed by atoms with E-state index in [4.69, 9.17) is 10.00 Å². The van der Waals surface area contributed by atoms with Crippen molar-refractivity contribution in [2.24, 2.45) is 0 Å². The number of hydrogen-bond acceptors (Lipinski definition) is 4. The molecule has 0 aliphatic carbocycles. The van der Waals surface area contributed by atoms with Crippen LogP contribution in [0.5, 0.6) is 5.75 Å². The maximum Gasteiger partial charge on any atom is 0.260 e. The molecule has 0 bridgehead atoms. The van der Waals surface area contributed by atoms with Gasteiger partial charge in [0.05, 0.1) is 11.6 Å². The van der Waals surface area contributed by atoms with Gasteiger partial charge in [-0.3, -0.25) is 4.79 Å². The van der Waals surface area contributed by atoms with Crippen molar-refractivity contribution in [1.29, 1.82) is 5.26 Å². The topological polar surface area (TPSA) is 56.6 Å². The second-order valence-electron chi connectivity index (χ2n) is 5.63. The molecule has 0 radical (unpaired) electrons. The van der Waals surface area contributed by atoms with Gasteiger partial charge < -0.3 is 14.5 Å². The van der Waals surface area contributed by atoms with E-state index >= 15 is 0 Å². The van der Waals surface area contributed by atoms with Gasteiger partial charge in [0.1, 0.15) is 5.75 Å². The molecule has 1 aliphatic heterocycles. The molecule has 2 aromatic rings. The molecule has 3 rings (SSSR count). The summed E-state index contributed by atoms with van der Waals surface area (Å²) in [5.74, 6) is 0.723. The van der Waals surface area contributed by atoms with Crippen molar-refractivity contribution in [3.8, 4) is 11.8 Å². The molecule has 0 aromatic heterocycles. The lowest BCUT2D eigenvalue weighted by Gasteiger charge is -2.36. The van der Waals surface area contributed by atoms with E-state index in [1.165, 1.54) is 0 Å². The standard InChI is InChI=1S/C19H19N3O2/c20-14-16-6-8-17(9-7-16)21-10-12-22(13-11-21)19(23)15-24-18-4-2-1-3-5-18/h1-9H,10-13,15H2. The van der Waals surface area contributed by atoms with Gasteiger partial charge in [-0.1, -0.05) is 18.2 Å². The maximum absolute atomic E-state index is 12.2. The number of ether oxygens (including phenoxy) is 1. The third-order valence-corrected chi connectivity index (χ3v) is 4.10. The summed E-state index contributed by atoms with van der Waals surface area (Å²) in [6.45, 7) is 2.99. The van der Waals surface area contributed by atoms with Crippen LogP contribution in [-0.2, 0) is 4.79 Å². The molecule has 24 heavy (non-hydrogen) atoms. The molecule has 0 saturated carbocycles. The monoisotopic (exact) mass is 321 g/mol. The molecule has 0 atom stereocenters. The van der Waals surface area contributed by atoms with Crippen molar-refractivity contribution in [2.75, 3.05) is 37.7 Å². The van der Waals surface area contributed by atoms with Gasteiger partial charge >= 0.3 is 0 Å². The lowest BCUT2D eigenvalue weighted by molar-refractivity contribution is -0.133. The van der Waals surface area contributed by atoms with E-state index in [-0.39, 0.29) is 12.5 Å². The van der Waals surface area contributed by atoms with Crippen LogP contribution in [0.2, 0.25) is 0 Å². The van der Waals surface area contributed by atoms with Crippen LogP contribution >= 0.6 is 0 Å². The van der Waals surface area contributed by atoms with Gasteiger partial charge in [-0.05, 0) is 36.4 Å². The lowest BCUT2D eigenvalue weighted by Crippen LogP contribution is -2.50. The van der Waals surface area contributed by atoms with Crippen LogP contribution in [0.1, 0.15) is 5.56 Å². The molecule has 1 aliphatic rings. The van der Waals surface area contributed by atoms with E-state index < -0.39 is 0 Å². The predicted molar refractivity (Wildman–Crippen MR) is 91.9 cm³/mol. The summed E-state index contributed by atoms with van der Waals surface area (Å²) in [7, 11) is 0. The van der Waals surface area contributed by atoms with Crippen LogP contribution in [0.15, 0.2) is 54.6 Å². The Morgan fingerprint density at radius 2 is 1.67 bits per heavy atom. The number of piperazine rings is 1. The summed E-state index contributed by atoms with van der Waals surface area (Å²) in [5.41, 5.74) is 1.74. The zero-order valence-electron chi connectivity index (χ0n) is 13.4. The van der Waals surface area contributed by atoms with Crippen molar-refractivity contribution in [3.63, 3.8) is 0 Å². The number of anilines is 1. The molecule has 5 nitrogen and oxygen atoms in total. The second kappa shape index (κ2) is 7.51. The smallest absolute Gasteiger partial charge is 0.260 e. The van der Waals surface area contributed by atoms with Crippen LogP contribution in [-0.4, -0.2) is 43.6 Å². The van der Waals surface area contributed by atoms with Gasteiger partial charge in [-0.25, -0.2) is 0 Å². The Morgan fingerprint density at radius 3 is 2.29 bits per heavy atom. The molecule has 0 spiro atoms. The molecule has 1 heterocycles. The number of amides is 1. The molecule has 2 aromatic carbocycles. The summed E-state index contributed by atoms with van der Waals surface area (Å²) >= 11 is 0. The van der Waals surface area contributed by atoms with Gasteiger partial charge in [0.25, 0.3) is 5.91 Å². The van der Waals surface area contributed by atoms with Crippen LogP contribution < -0.4 is 9.64 Å². The predicted octanol–water partition coefficient (Wildman–Crippen LogP) is 2.29. The molecular formula is C19H19N3O2. The highest BCUT2D eigenvalue weighted by Crippen LogP contribution is 2.17. The van der Waals surface area contributed by atoms with Gasteiger partial charge in [0.2, 0.25) is 0 Å². The Bertz CT molecular complexity index is 715. The van der Waals surface area contributed by atoms with Crippen molar-refractivity contribution >= 4 is 11.6 Å². The van der Waals surface area contributed by atoms with E-state index in [1.807, 2.05) is 59.5 Å². The molecule has 1 saturated heterocycles. The van der Waals surface area contributed by atoms with Crippen LogP contribution in [0.4, 0.5) is 5.69 Å². The number of carbonyl (C=O) groups is 1. The first-order chi connectivity index (χ1) is 11.8. The number of nitrogens with zero attached hydrogens (tertiary/aromatic N) is 3. The molecule has 122 valence electrons. The normalized spacial score (nSPS) is 14.1. The Labute approximate surface area is 141 Å². The Kier molecular flexibility index (Phi) is 4.97. The fraction of sp³-hybridized carbons (Fsp3) is 0.263. The Balaban J connectivity index is 1.49. The first kappa shape index (κ1) is 15.9. The Morgan fingerprint density at radius 1 is 1.00 bits per heavy atom. The third-order valence-electron chi connectivity index (χ3n) is 4.10. The zero-order valence-corrected chi connectivity index (χ0v) is 13.4. The van der Waals surface area contributed by atoms with E-state index in [2.05, 4.69) is 11.0 Å². The summed E-state index contributed by atoms with van der Waals surface area (Å²) in [6.07, 6.45) is 0. The van der Waals surface area contributed by atoms with E-state index in [0.29, 0.717) is 24.4 Å². The van der Waals surface area contributed by atoms with E-state index in [1.54, 1.807) is 0 Å². The quantitative estimate of drug-likeness (QED) is 0.867. The number of carbonyl (C=O) groups excluding carboxylic acids is 1. The first-order valence-electron chi connectivity index (χ1n) is 7.97. The highest BCUT2D eigenvalue weighted by molar-refractivity contribution is 5.78. The molecule has 0 unspecified atom stereocenters. The van der Waals surface area contributed by atoms with Gasteiger partial charge in [-0.2, -0.15) is 5.26 Å². The molecule has 0 N–H and O–H groups in total. The maximum atomic E-state index is 12.2. The van der Waals surface area contributed by atoms with E-state index in [0.717, 1.165) is 18.8 Å². The first-order valence-corrected chi connectivity index (χ1v) is 7.97.